The SMILES string of the molecule is CC(=O)C(C(C)=O)c1nc2sc3cc(Cl)ccc3n2c(=N)c1C#N. The number of fused-ring (bicyclic) bond motifs is 3. The van der Waals surface area contributed by atoms with Gasteiger partial charge in [-0.25, -0.2) is 4.98 Å². The number of aromatic nitrogens is 2. The van der Waals surface area contributed by atoms with Gasteiger partial charge in [-0.05, 0) is 32.0 Å². The Hall–Kier alpha value is -2.56. The molecule has 2 heterocycles. The van der Waals surface area contributed by atoms with E-state index in [9.17, 15) is 14.9 Å². The van der Waals surface area contributed by atoms with Gasteiger partial charge in [-0.3, -0.25) is 19.4 Å². The Kier molecular flexibility index (Phi) is 3.95. The van der Waals surface area contributed by atoms with E-state index in [0.717, 1.165) is 4.70 Å². The molecule has 0 aliphatic rings. The Labute approximate surface area is 145 Å². The molecule has 0 bridgehead atoms. The molecule has 120 valence electrons. The summed E-state index contributed by atoms with van der Waals surface area (Å²) in [5.41, 5.74) is 0.568. The lowest BCUT2D eigenvalue weighted by Gasteiger charge is -2.12. The number of hydrogen-bond donors (Lipinski definition) is 1. The van der Waals surface area contributed by atoms with Crippen molar-refractivity contribution in [2.24, 2.45) is 0 Å². The second-order valence-electron chi connectivity index (χ2n) is 5.32. The average Bonchev–Trinajstić information content (AvgIpc) is 2.84. The number of Topliss-reactive ketones (excluding diaryl/α,β-unsaturated/α-hetero) is 2. The predicted octanol–water partition coefficient (Wildman–Crippen LogP) is 2.82. The fourth-order valence-electron chi connectivity index (χ4n) is 2.67. The van der Waals surface area contributed by atoms with E-state index in [0.29, 0.717) is 15.5 Å². The zero-order chi connectivity index (χ0) is 17.6. The van der Waals surface area contributed by atoms with Gasteiger partial charge in [-0.1, -0.05) is 22.9 Å². The van der Waals surface area contributed by atoms with Crippen LogP contribution in [0.2, 0.25) is 5.02 Å². The van der Waals surface area contributed by atoms with Gasteiger partial charge in [0.15, 0.2) is 10.4 Å². The average molecular weight is 359 g/mol. The second-order valence-corrected chi connectivity index (χ2v) is 6.76. The number of nitriles is 1. The normalized spacial score (nSPS) is 11.1. The molecule has 8 heteroatoms. The minimum atomic E-state index is -1.14. The van der Waals surface area contributed by atoms with Crippen LogP contribution in [-0.4, -0.2) is 21.0 Å². The third-order valence-corrected chi connectivity index (χ3v) is 4.92. The number of thiazole rings is 1. The largest absolute Gasteiger partial charge is 0.299 e. The Bertz CT molecular complexity index is 1110. The summed E-state index contributed by atoms with van der Waals surface area (Å²) in [5, 5.41) is 18.4. The van der Waals surface area contributed by atoms with Gasteiger partial charge in [-0.15, -0.1) is 0 Å². The molecule has 0 amide bonds. The number of hydrogen-bond acceptors (Lipinski definition) is 6. The molecule has 0 fully saturated rings. The maximum atomic E-state index is 11.9. The summed E-state index contributed by atoms with van der Waals surface area (Å²) in [4.78, 5) is 28.5. The van der Waals surface area contributed by atoms with Crippen LogP contribution in [-0.2, 0) is 9.59 Å². The molecule has 3 rings (SSSR count). The van der Waals surface area contributed by atoms with Crippen LogP contribution in [0.25, 0.3) is 15.2 Å². The molecular weight excluding hydrogens is 348 g/mol. The molecule has 1 N–H and O–H groups in total. The number of nitrogens with zero attached hydrogens (tertiary/aromatic N) is 3. The van der Waals surface area contributed by atoms with Crippen LogP contribution < -0.4 is 5.49 Å². The monoisotopic (exact) mass is 358 g/mol. The maximum Gasteiger partial charge on any atom is 0.196 e. The van der Waals surface area contributed by atoms with Crippen LogP contribution in [0.3, 0.4) is 0 Å². The fourth-order valence-corrected chi connectivity index (χ4v) is 3.98. The first-order valence-corrected chi connectivity index (χ1v) is 8.15. The number of benzene rings is 1. The lowest BCUT2D eigenvalue weighted by Crippen LogP contribution is -2.26. The lowest BCUT2D eigenvalue weighted by atomic mass is 9.94. The van der Waals surface area contributed by atoms with Gasteiger partial charge in [0.1, 0.15) is 29.1 Å². The van der Waals surface area contributed by atoms with E-state index in [2.05, 4.69) is 4.98 Å². The molecule has 3 aromatic rings. The van der Waals surface area contributed by atoms with Gasteiger partial charge in [0.2, 0.25) is 0 Å². The van der Waals surface area contributed by atoms with Gasteiger partial charge in [0.05, 0.1) is 15.9 Å². The van der Waals surface area contributed by atoms with Crippen molar-refractivity contribution < 1.29 is 9.59 Å². The second kappa shape index (κ2) is 5.82. The van der Waals surface area contributed by atoms with Crippen LogP contribution in [0.15, 0.2) is 18.2 Å². The first-order chi connectivity index (χ1) is 11.3. The van der Waals surface area contributed by atoms with Crippen LogP contribution in [0, 0.1) is 16.7 Å². The Morgan fingerprint density at radius 3 is 2.62 bits per heavy atom. The highest BCUT2D eigenvalue weighted by Gasteiger charge is 2.28. The van der Waals surface area contributed by atoms with Crippen LogP contribution >= 0.6 is 22.9 Å². The topological polar surface area (TPSA) is 99.1 Å². The molecule has 6 nitrogen and oxygen atoms in total. The van der Waals surface area contributed by atoms with Gasteiger partial charge < -0.3 is 0 Å². The van der Waals surface area contributed by atoms with E-state index in [1.807, 2.05) is 6.07 Å². The van der Waals surface area contributed by atoms with E-state index in [-0.39, 0.29) is 16.7 Å². The summed E-state index contributed by atoms with van der Waals surface area (Å²) in [6.07, 6.45) is 0. The molecule has 0 radical (unpaired) electrons. The zero-order valence-electron chi connectivity index (χ0n) is 12.8. The first-order valence-electron chi connectivity index (χ1n) is 6.95. The molecule has 24 heavy (non-hydrogen) atoms. The van der Waals surface area contributed by atoms with E-state index in [1.165, 1.54) is 29.6 Å². The van der Waals surface area contributed by atoms with Crippen LogP contribution in [0.5, 0.6) is 0 Å². The summed E-state index contributed by atoms with van der Waals surface area (Å²) in [5.74, 6) is -1.94. The van der Waals surface area contributed by atoms with E-state index in [1.54, 1.807) is 18.2 Å². The summed E-state index contributed by atoms with van der Waals surface area (Å²) in [7, 11) is 0. The van der Waals surface area contributed by atoms with Crippen molar-refractivity contribution in [1.82, 2.24) is 9.38 Å². The number of carbonyl (C=O) groups is 2. The summed E-state index contributed by atoms with van der Waals surface area (Å²) >= 11 is 7.28. The molecule has 0 saturated carbocycles. The zero-order valence-corrected chi connectivity index (χ0v) is 14.3. The smallest absolute Gasteiger partial charge is 0.196 e. The first kappa shape index (κ1) is 16.3. The van der Waals surface area contributed by atoms with Crippen molar-refractivity contribution in [3.8, 4) is 6.07 Å². The predicted molar refractivity (Wildman–Crippen MR) is 90.3 cm³/mol. The lowest BCUT2D eigenvalue weighted by molar-refractivity contribution is -0.126. The molecule has 0 aliphatic carbocycles. The highest BCUT2D eigenvalue weighted by molar-refractivity contribution is 7.23. The molecule has 0 spiro atoms. The third-order valence-electron chi connectivity index (χ3n) is 3.69. The Morgan fingerprint density at radius 1 is 1.38 bits per heavy atom. The van der Waals surface area contributed by atoms with Gasteiger partial charge in [-0.2, -0.15) is 5.26 Å². The molecule has 0 unspecified atom stereocenters. The number of nitrogens with one attached hydrogen (secondary N) is 1. The molecule has 0 aliphatic heterocycles. The fraction of sp³-hybridized carbons (Fsp3) is 0.188. The van der Waals surface area contributed by atoms with Crippen molar-refractivity contribution in [3.63, 3.8) is 0 Å². The minimum absolute atomic E-state index is 0.0418. The standard InChI is InChI=1S/C16H11ClN4O2S/c1-7(22)13(8(2)23)14-10(6-18)15(19)21-11-4-3-9(17)5-12(11)24-16(21)20-14/h3-5,13,19H,1-2H3. The van der Waals surface area contributed by atoms with Crippen molar-refractivity contribution >= 4 is 49.7 Å². The number of ketones is 2. The molecule has 2 aromatic heterocycles. The summed E-state index contributed by atoms with van der Waals surface area (Å²) in [6, 6.07) is 7.10. The number of carbonyl (C=O) groups excluding carboxylic acids is 2. The van der Waals surface area contributed by atoms with Crippen molar-refractivity contribution in [1.29, 1.82) is 10.7 Å². The quantitative estimate of drug-likeness (QED) is 0.727. The highest BCUT2D eigenvalue weighted by atomic mass is 35.5. The van der Waals surface area contributed by atoms with E-state index in [4.69, 9.17) is 17.0 Å². The van der Waals surface area contributed by atoms with Crippen LogP contribution in [0.1, 0.15) is 31.0 Å². The van der Waals surface area contributed by atoms with Gasteiger partial charge >= 0.3 is 0 Å². The maximum absolute atomic E-state index is 11.9. The van der Waals surface area contributed by atoms with Gasteiger partial charge in [0, 0.05) is 5.02 Å². The molecule has 0 saturated heterocycles. The Balaban J connectivity index is 2.47. The van der Waals surface area contributed by atoms with Crippen LogP contribution in [0.4, 0.5) is 0 Å². The van der Waals surface area contributed by atoms with Crippen molar-refractivity contribution in [3.05, 3.63) is 40.0 Å². The van der Waals surface area contributed by atoms with Crippen molar-refractivity contribution in [2.75, 3.05) is 0 Å². The molecule has 1 aromatic carbocycles. The Morgan fingerprint density at radius 2 is 2.04 bits per heavy atom. The summed E-state index contributed by atoms with van der Waals surface area (Å²) in [6.45, 7) is 2.56. The molecular formula is C16H11ClN4O2S. The minimum Gasteiger partial charge on any atom is -0.299 e. The van der Waals surface area contributed by atoms with E-state index >= 15 is 0 Å². The third kappa shape index (κ3) is 2.40. The number of rotatable bonds is 3. The number of halogens is 1. The molecule has 0 atom stereocenters. The highest BCUT2D eigenvalue weighted by Crippen LogP contribution is 2.28. The van der Waals surface area contributed by atoms with Crippen molar-refractivity contribution in [2.45, 2.75) is 19.8 Å². The van der Waals surface area contributed by atoms with E-state index < -0.39 is 17.5 Å². The van der Waals surface area contributed by atoms with Gasteiger partial charge in [0.25, 0.3) is 0 Å². The summed E-state index contributed by atoms with van der Waals surface area (Å²) < 4.78 is 2.32.